The SMILES string of the molecule is Brc1ccc2c(c1)C(c1ccccc1)(c1ccccc1)c1ccccc1-2.C.CC1(C)c2ccccc2-c2ccc(N(c3ccc4c(c3)C(c3ccccc3)(c3ccccc3)c3ccccc3-4)c3ccc(-c4ccccc4)cc3-c3cccc4ccccc34)cc21.CC1(C)c2ccccc2-c2ccc(Nc3ccc(-c4ccccc4)cc3-c3cccc4ccccc34)cc21. The van der Waals surface area contributed by atoms with Gasteiger partial charge in [-0.25, -0.2) is 0 Å². The topological polar surface area (TPSA) is 15.3 Å². The summed E-state index contributed by atoms with van der Waals surface area (Å²) in [5.41, 5.74) is 40.6. The highest BCUT2D eigenvalue weighted by Crippen LogP contribution is 2.61. The van der Waals surface area contributed by atoms with Gasteiger partial charge in [-0.05, 0) is 239 Å². The molecule has 0 heterocycles. The fourth-order valence-electron chi connectivity index (χ4n) is 21.5. The van der Waals surface area contributed by atoms with Crippen LogP contribution in [0, 0.1) is 0 Å². The van der Waals surface area contributed by atoms with Gasteiger partial charge in [0.2, 0.25) is 0 Å². The third-order valence-corrected chi connectivity index (χ3v) is 27.9. The Morgan fingerprint density at radius 1 is 0.219 bits per heavy atom. The summed E-state index contributed by atoms with van der Waals surface area (Å²) in [6.45, 7) is 9.42. The van der Waals surface area contributed by atoms with Crippen LogP contribution >= 0.6 is 15.9 Å². The maximum absolute atomic E-state index is 3.81. The molecule has 0 saturated carbocycles. The number of fused-ring (bicyclic) bond motifs is 14. The van der Waals surface area contributed by atoms with Gasteiger partial charge in [-0.3, -0.25) is 0 Å². The molecule has 0 amide bonds. The van der Waals surface area contributed by atoms with Crippen LogP contribution in [0.15, 0.2) is 478 Å². The third kappa shape index (κ3) is 13.4. The lowest BCUT2D eigenvalue weighted by Crippen LogP contribution is -2.28. The van der Waals surface area contributed by atoms with Gasteiger partial charge in [0.1, 0.15) is 0 Å². The van der Waals surface area contributed by atoms with Crippen molar-refractivity contribution >= 4 is 65.9 Å². The Hall–Kier alpha value is -15.0. The first-order chi connectivity index (χ1) is 62.4. The van der Waals surface area contributed by atoms with Crippen molar-refractivity contribution in [2.75, 3.05) is 10.2 Å². The first kappa shape index (κ1) is 80.1. The molecule has 612 valence electrons. The zero-order chi connectivity index (χ0) is 85.4. The molecule has 0 radical (unpaired) electrons. The summed E-state index contributed by atoms with van der Waals surface area (Å²) in [4.78, 5) is 2.54. The molecular weight excluding hydrogens is 1610 g/mol. The van der Waals surface area contributed by atoms with Crippen LogP contribution in [0.25, 0.3) is 111 Å². The molecule has 0 fully saturated rings. The average molecular weight is 1710 g/mol. The number of hydrogen-bond donors (Lipinski definition) is 1. The highest BCUT2D eigenvalue weighted by Gasteiger charge is 2.48. The van der Waals surface area contributed by atoms with Crippen molar-refractivity contribution < 1.29 is 0 Å². The average Bonchev–Trinajstić information content (AvgIpc) is 1.51. The minimum absolute atomic E-state index is 0. The first-order valence-electron chi connectivity index (χ1n) is 44.2. The van der Waals surface area contributed by atoms with E-state index in [-0.39, 0.29) is 23.7 Å². The smallest absolute Gasteiger partial charge is 0.0714 e. The van der Waals surface area contributed by atoms with Gasteiger partial charge in [0, 0.05) is 49.2 Å². The molecule has 0 saturated heterocycles. The molecule has 0 spiro atoms. The van der Waals surface area contributed by atoms with Crippen LogP contribution in [0.3, 0.4) is 0 Å². The molecule has 3 heteroatoms. The summed E-state index contributed by atoms with van der Waals surface area (Å²) >= 11 is 3.71. The molecule has 1 N–H and O–H groups in total. The Morgan fingerprint density at radius 3 is 1.02 bits per heavy atom. The molecule has 4 aliphatic rings. The predicted octanol–water partition coefficient (Wildman–Crippen LogP) is 34.0. The van der Waals surface area contributed by atoms with Gasteiger partial charge in [-0.15, -0.1) is 0 Å². The summed E-state index contributed by atoms with van der Waals surface area (Å²) in [5, 5.41) is 8.77. The molecule has 128 heavy (non-hydrogen) atoms. The van der Waals surface area contributed by atoms with E-state index in [0.717, 1.165) is 32.9 Å². The predicted molar refractivity (Wildman–Crippen MR) is 545 cm³/mol. The van der Waals surface area contributed by atoms with E-state index in [1.165, 1.54) is 177 Å². The minimum atomic E-state index is -0.534. The van der Waals surface area contributed by atoms with E-state index in [0.29, 0.717) is 0 Å². The van der Waals surface area contributed by atoms with Crippen molar-refractivity contribution in [3.05, 3.63) is 544 Å². The van der Waals surface area contributed by atoms with Gasteiger partial charge in [0.15, 0.2) is 0 Å². The largest absolute Gasteiger partial charge is 0.355 e. The minimum Gasteiger partial charge on any atom is -0.355 e. The number of rotatable bonds is 13. The molecule has 24 rings (SSSR count). The molecule has 0 atom stereocenters. The van der Waals surface area contributed by atoms with Gasteiger partial charge >= 0.3 is 0 Å². The molecule has 0 aliphatic heterocycles. The normalized spacial score (nSPS) is 13.5. The lowest BCUT2D eigenvalue weighted by Gasteiger charge is -2.35. The summed E-state index contributed by atoms with van der Waals surface area (Å²) in [7, 11) is 0. The molecule has 2 nitrogen and oxygen atoms in total. The van der Waals surface area contributed by atoms with Crippen molar-refractivity contribution in [2.45, 2.75) is 56.8 Å². The highest BCUT2D eigenvalue weighted by molar-refractivity contribution is 9.10. The number of benzene rings is 20. The van der Waals surface area contributed by atoms with Crippen molar-refractivity contribution in [2.24, 2.45) is 0 Å². The summed E-state index contributed by atoms with van der Waals surface area (Å²) in [5.74, 6) is 0. The maximum Gasteiger partial charge on any atom is 0.0714 e. The second-order valence-electron chi connectivity index (χ2n) is 35.0. The van der Waals surface area contributed by atoms with Crippen LogP contribution in [0.4, 0.5) is 28.4 Å². The summed E-state index contributed by atoms with van der Waals surface area (Å²) in [6.07, 6.45) is 0. The van der Waals surface area contributed by atoms with E-state index in [4.69, 9.17) is 0 Å². The molecule has 0 unspecified atom stereocenters. The van der Waals surface area contributed by atoms with E-state index in [1.54, 1.807) is 0 Å². The zero-order valence-corrected chi connectivity index (χ0v) is 72.9. The maximum atomic E-state index is 3.81. The van der Waals surface area contributed by atoms with Crippen LogP contribution in [0.5, 0.6) is 0 Å². The number of nitrogens with one attached hydrogen (secondary N) is 1. The van der Waals surface area contributed by atoms with E-state index in [2.05, 4.69) is 527 Å². The van der Waals surface area contributed by atoms with E-state index in [9.17, 15) is 0 Å². The quantitative estimate of drug-likeness (QED) is 0.124. The molecule has 4 aliphatic carbocycles. The lowest BCUT2D eigenvalue weighted by atomic mass is 9.67. The first-order valence-corrected chi connectivity index (χ1v) is 45.0. The molecule has 20 aromatic carbocycles. The van der Waals surface area contributed by atoms with E-state index < -0.39 is 5.41 Å². The number of anilines is 5. The van der Waals surface area contributed by atoms with Crippen LogP contribution in [-0.4, -0.2) is 0 Å². The van der Waals surface area contributed by atoms with Gasteiger partial charge in [-0.1, -0.05) is 451 Å². The summed E-state index contributed by atoms with van der Waals surface area (Å²) < 4.78 is 1.11. The Bertz CT molecular complexity index is 7510. The Morgan fingerprint density at radius 2 is 0.547 bits per heavy atom. The Balaban J connectivity index is 0.000000129. The number of halogens is 1. The van der Waals surface area contributed by atoms with Gasteiger partial charge < -0.3 is 10.2 Å². The number of hydrogen-bond acceptors (Lipinski definition) is 2. The zero-order valence-electron chi connectivity index (χ0n) is 71.4. The van der Waals surface area contributed by atoms with Gasteiger partial charge in [-0.2, -0.15) is 0 Å². The van der Waals surface area contributed by atoms with E-state index in [1.807, 2.05) is 0 Å². The molecular formula is C125H95BrN2. The fraction of sp³-hybridized carbons (Fsp3) is 0.0720. The molecule has 0 aromatic heterocycles. The highest BCUT2D eigenvalue weighted by atomic mass is 79.9. The van der Waals surface area contributed by atoms with Crippen molar-refractivity contribution in [1.29, 1.82) is 0 Å². The van der Waals surface area contributed by atoms with Crippen LogP contribution < -0.4 is 10.2 Å². The molecule has 20 aromatic rings. The fourth-order valence-corrected chi connectivity index (χ4v) is 21.9. The Labute approximate surface area is 760 Å². The van der Waals surface area contributed by atoms with Gasteiger partial charge in [0.05, 0.1) is 16.5 Å². The number of nitrogens with zero attached hydrogens (tertiary/aromatic N) is 1. The summed E-state index contributed by atoms with van der Waals surface area (Å²) in [6, 6.07) is 173. The Kier molecular flexibility index (Phi) is 20.6. The van der Waals surface area contributed by atoms with Crippen molar-refractivity contribution in [1.82, 2.24) is 0 Å². The molecule has 0 bridgehead atoms. The van der Waals surface area contributed by atoms with Gasteiger partial charge in [0.25, 0.3) is 0 Å². The van der Waals surface area contributed by atoms with Crippen LogP contribution in [0.2, 0.25) is 0 Å². The van der Waals surface area contributed by atoms with Crippen molar-refractivity contribution in [3.63, 3.8) is 0 Å². The monoisotopic (exact) mass is 1700 g/mol. The van der Waals surface area contributed by atoms with E-state index >= 15 is 0 Å². The van der Waals surface area contributed by atoms with Crippen LogP contribution in [-0.2, 0) is 21.7 Å². The second-order valence-corrected chi connectivity index (χ2v) is 36.0. The third-order valence-electron chi connectivity index (χ3n) is 27.4. The lowest BCUT2D eigenvalue weighted by molar-refractivity contribution is 0.660. The second kappa shape index (κ2) is 32.8. The van der Waals surface area contributed by atoms with Crippen molar-refractivity contribution in [3.8, 4) is 89.0 Å². The van der Waals surface area contributed by atoms with Crippen LogP contribution in [0.1, 0.15) is 102 Å². The standard InChI is InChI=1S/C62H45N.C37H29N.C25H17Br.CH4/c1-61(2)56-31-16-14-28-51(56)53-36-34-47(40-58(53)61)63(60-38-33-44(42-19-6-3-7-20-42)39-55(60)50-30-18-22-43-21-12-13-27-49(43)50)48-35-37-54-52-29-15-17-32-57(52)62(59(54)41-48,45-23-8-4-9-24-45)46-25-10-5-11-26-46;1-37(2)34-18-9-8-16-31(34)32-21-20-28(24-35(32)37)38-36-22-19-27(25-11-4-3-5-12-25)23-33(36)30-17-10-14-26-13-6-7-15-29(26)30;26-20-15-16-22-21-13-7-8-14-23(21)25(24(22)17-20,18-9-3-1-4-10-18)19-11-5-2-6-12-19;/h3-41H,1-2H3;3-24,38H,1-2H3;1-17H;1H4.